The maximum Gasteiger partial charge on any atom is 0.273 e. The average Bonchev–Trinajstić information content (AvgIpc) is 3.16. The van der Waals surface area contributed by atoms with E-state index in [0.717, 1.165) is 54.8 Å². The van der Waals surface area contributed by atoms with E-state index in [4.69, 9.17) is 0 Å². The Labute approximate surface area is 162 Å². The Morgan fingerprint density at radius 3 is 2.40 bits per heavy atom. The molecule has 1 amide bonds. The highest BCUT2D eigenvalue weighted by Gasteiger charge is 2.32. The van der Waals surface area contributed by atoms with Gasteiger partial charge in [-0.25, -0.2) is 0 Å². The largest absolute Gasteiger partial charge is 0.337 e. The smallest absolute Gasteiger partial charge is 0.273 e. The van der Waals surface area contributed by atoms with Crippen molar-refractivity contribution in [2.24, 2.45) is 11.8 Å². The lowest BCUT2D eigenvalue weighted by molar-refractivity contribution is 0.0751. The molecule has 1 aromatic carbocycles. The number of carbonyl (C=O) groups is 1. The quantitative estimate of drug-likeness (QED) is 0.776. The van der Waals surface area contributed by atoms with E-state index in [-0.39, 0.29) is 18.3 Å². The fraction of sp³-hybridized carbons (Fsp3) is 0.444. The zero-order chi connectivity index (χ0) is 16.5. The molecule has 134 valence electrons. The van der Waals surface area contributed by atoms with Gasteiger partial charge in [-0.05, 0) is 53.7 Å². The van der Waals surface area contributed by atoms with Crippen LogP contribution < -0.4 is 5.32 Å². The van der Waals surface area contributed by atoms with Crippen molar-refractivity contribution in [3.63, 3.8) is 0 Å². The van der Waals surface area contributed by atoms with Gasteiger partial charge < -0.3 is 10.2 Å². The van der Waals surface area contributed by atoms with Crippen LogP contribution in [-0.2, 0) is 0 Å². The standard InChI is InChI=1S/C18H21BrN4O.ClH/c19-15-16(12-4-2-1-3-5-12)21-22-17(15)18(24)23-8-6-13-10-20-11-14(13)7-9-23;/h1-5,13-14,20H,6-11H2,(H,21,22);1H/t13-,14+;. The fourth-order valence-electron chi connectivity index (χ4n) is 3.84. The van der Waals surface area contributed by atoms with Crippen LogP contribution in [0.5, 0.6) is 0 Å². The number of nitrogens with zero attached hydrogens (tertiary/aromatic N) is 2. The van der Waals surface area contributed by atoms with Gasteiger partial charge in [0.1, 0.15) is 11.4 Å². The molecule has 2 atom stereocenters. The van der Waals surface area contributed by atoms with Gasteiger partial charge in [-0.15, -0.1) is 12.4 Å². The normalized spacial score (nSPS) is 22.8. The minimum atomic E-state index is 0. The summed E-state index contributed by atoms with van der Waals surface area (Å²) in [6, 6.07) is 9.91. The number of rotatable bonds is 2. The predicted molar refractivity (Wildman–Crippen MR) is 104 cm³/mol. The molecule has 7 heteroatoms. The summed E-state index contributed by atoms with van der Waals surface area (Å²) in [6.07, 6.45) is 2.17. The highest BCUT2D eigenvalue weighted by atomic mass is 79.9. The molecule has 0 saturated carbocycles. The molecule has 2 aliphatic rings. The fourth-order valence-corrected chi connectivity index (χ4v) is 4.41. The number of carbonyl (C=O) groups excluding carboxylic acids is 1. The van der Waals surface area contributed by atoms with Gasteiger partial charge in [0.05, 0.1) is 4.47 Å². The third-order valence-electron chi connectivity index (χ3n) is 5.27. The summed E-state index contributed by atoms with van der Waals surface area (Å²) < 4.78 is 0.754. The number of fused-ring (bicyclic) bond motifs is 1. The summed E-state index contributed by atoms with van der Waals surface area (Å²) in [5.41, 5.74) is 2.34. The van der Waals surface area contributed by atoms with E-state index in [1.807, 2.05) is 35.2 Å². The Hall–Kier alpha value is -1.37. The number of aromatic amines is 1. The maximum absolute atomic E-state index is 12.9. The van der Waals surface area contributed by atoms with Crippen molar-refractivity contribution in [1.29, 1.82) is 0 Å². The molecule has 0 bridgehead atoms. The molecule has 1 aromatic heterocycles. The first-order valence-corrected chi connectivity index (χ1v) is 9.32. The molecule has 3 heterocycles. The first-order valence-electron chi connectivity index (χ1n) is 8.53. The predicted octanol–water partition coefficient (Wildman–Crippen LogP) is 3.33. The molecule has 25 heavy (non-hydrogen) atoms. The number of benzene rings is 1. The van der Waals surface area contributed by atoms with Crippen molar-refractivity contribution in [1.82, 2.24) is 20.4 Å². The summed E-state index contributed by atoms with van der Waals surface area (Å²) in [6.45, 7) is 3.85. The third-order valence-corrected chi connectivity index (χ3v) is 6.05. The lowest BCUT2D eigenvalue weighted by Crippen LogP contribution is -2.33. The second-order valence-electron chi connectivity index (χ2n) is 6.68. The van der Waals surface area contributed by atoms with Gasteiger partial charge in [-0.1, -0.05) is 30.3 Å². The summed E-state index contributed by atoms with van der Waals surface area (Å²) in [7, 11) is 0. The van der Waals surface area contributed by atoms with E-state index in [0.29, 0.717) is 17.5 Å². The molecule has 2 N–H and O–H groups in total. The Morgan fingerprint density at radius 2 is 1.76 bits per heavy atom. The average molecular weight is 426 g/mol. The van der Waals surface area contributed by atoms with E-state index in [1.54, 1.807) is 0 Å². The minimum absolute atomic E-state index is 0. The molecule has 2 fully saturated rings. The number of likely N-dealkylation sites (tertiary alicyclic amines) is 1. The number of amides is 1. The van der Waals surface area contributed by atoms with Crippen LogP contribution in [0.1, 0.15) is 23.3 Å². The number of nitrogens with one attached hydrogen (secondary N) is 2. The van der Waals surface area contributed by atoms with Crippen molar-refractivity contribution in [3.05, 3.63) is 40.5 Å². The molecule has 0 aliphatic carbocycles. The zero-order valence-corrected chi connectivity index (χ0v) is 16.3. The van der Waals surface area contributed by atoms with Crippen LogP contribution in [0, 0.1) is 11.8 Å². The van der Waals surface area contributed by atoms with E-state index >= 15 is 0 Å². The minimum Gasteiger partial charge on any atom is -0.337 e. The zero-order valence-electron chi connectivity index (χ0n) is 13.9. The first-order chi connectivity index (χ1) is 11.7. The molecule has 4 rings (SSSR count). The van der Waals surface area contributed by atoms with Crippen LogP contribution in [0.15, 0.2) is 34.8 Å². The van der Waals surface area contributed by atoms with Crippen LogP contribution in [0.25, 0.3) is 11.3 Å². The van der Waals surface area contributed by atoms with E-state index in [1.165, 1.54) is 0 Å². The van der Waals surface area contributed by atoms with Crippen molar-refractivity contribution in [2.45, 2.75) is 12.8 Å². The molecule has 2 aliphatic heterocycles. The van der Waals surface area contributed by atoms with Crippen molar-refractivity contribution >= 4 is 34.2 Å². The SMILES string of the molecule is Cl.O=C(c1[nH]nc(-c2ccccc2)c1Br)N1CC[C@@H]2CNC[C@@H]2CC1. The topological polar surface area (TPSA) is 61.0 Å². The third kappa shape index (κ3) is 3.61. The molecule has 0 unspecified atom stereocenters. The van der Waals surface area contributed by atoms with Crippen LogP contribution in [0.4, 0.5) is 0 Å². The van der Waals surface area contributed by atoms with E-state index < -0.39 is 0 Å². The lowest BCUT2D eigenvalue weighted by Gasteiger charge is -2.20. The van der Waals surface area contributed by atoms with E-state index in [9.17, 15) is 4.79 Å². The summed E-state index contributed by atoms with van der Waals surface area (Å²) in [4.78, 5) is 14.9. The Balaban J connectivity index is 0.00000182. The van der Waals surface area contributed by atoms with Crippen molar-refractivity contribution in [3.8, 4) is 11.3 Å². The van der Waals surface area contributed by atoms with Gasteiger partial charge in [0.25, 0.3) is 5.91 Å². The number of halogens is 2. The number of H-pyrrole nitrogens is 1. The molecule has 2 aromatic rings. The summed E-state index contributed by atoms with van der Waals surface area (Å²) in [5.74, 6) is 1.48. The molecule has 0 spiro atoms. The second-order valence-corrected chi connectivity index (χ2v) is 7.47. The molecule has 5 nitrogen and oxygen atoms in total. The van der Waals surface area contributed by atoms with Gasteiger partial charge in [0, 0.05) is 18.7 Å². The molecule has 0 radical (unpaired) electrons. The highest BCUT2D eigenvalue weighted by Crippen LogP contribution is 2.31. The Kier molecular flexibility index (Phi) is 5.81. The maximum atomic E-state index is 12.9. The monoisotopic (exact) mass is 424 g/mol. The van der Waals surface area contributed by atoms with Gasteiger partial charge in [-0.2, -0.15) is 5.10 Å². The first kappa shape index (κ1) is 18.4. The van der Waals surface area contributed by atoms with Gasteiger partial charge in [0.15, 0.2) is 0 Å². The van der Waals surface area contributed by atoms with Crippen molar-refractivity contribution in [2.75, 3.05) is 26.2 Å². The van der Waals surface area contributed by atoms with Gasteiger partial charge in [-0.3, -0.25) is 9.89 Å². The Morgan fingerprint density at radius 1 is 1.12 bits per heavy atom. The van der Waals surface area contributed by atoms with Crippen LogP contribution in [-0.4, -0.2) is 47.2 Å². The summed E-state index contributed by atoms with van der Waals surface area (Å²) in [5, 5.41) is 10.8. The lowest BCUT2D eigenvalue weighted by atomic mass is 9.92. The van der Waals surface area contributed by atoms with Gasteiger partial charge >= 0.3 is 0 Å². The van der Waals surface area contributed by atoms with Crippen LogP contribution in [0.3, 0.4) is 0 Å². The molecule has 2 saturated heterocycles. The van der Waals surface area contributed by atoms with E-state index in [2.05, 4.69) is 31.4 Å². The highest BCUT2D eigenvalue weighted by molar-refractivity contribution is 9.10. The van der Waals surface area contributed by atoms with Crippen LogP contribution in [0.2, 0.25) is 0 Å². The molecular weight excluding hydrogens is 404 g/mol. The summed E-state index contributed by atoms with van der Waals surface area (Å²) >= 11 is 3.57. The number of hydrogen-bond acceptors (Lipinski definition) is 3. The Bertz CT molecular complexity index is 722. The molecular formula is C18H22BrClN4O. The second kappa shape index (κ2) is 7.89. The van der Waals surface area contributed by atoms with Gasteiger partial charge in [0.2, 0.25) is 0 Å². The van der Waals surface area contributed by atoms with Crippen molar-refractivity contribution < 1.29 is 4.79 Å². The van der Waals surface area contributed by atoms with Crippen LogP contribution >= 0.6 is 28.3 Å². The number of hydrogen-bond donors (Lipinski definition) is 2. The number of aromatic nitrogens is 2.